The molecule has 0 unspecified atom stereocenters. The molecule has 0 aliphatic heterocycles. The predicted octanol–water partition coefficient (Wildman–Crippen LogP) is 2.69. The number of nitrogens with zero attached hydrogens (tertiary/aromatic N) is 1. The van der Waals surface area contributed by atoms with Crippen molar-refractivity contribution >= 4 is 39.5 Å². The van der Waals surface area contributed by atoms with E-state index in [1.807, 2.05) is 0 Å². The number of hydrogen-bond acceptors (Lipinski definition) is 4. The van der Waals surface area contributed by atoms with Crippen molar-refractivity contribution in [3.8, 4) is 0 Å². The lowest BCUT2D eigenvalue weighted by Gasteiger charge is -2.02. The quantitative estimate of drug-likeness (QED) is 0.545. The highest BCUT2D eigenvalue weighted by molar-refractivity contribution is 6.33. The van der Waals surface area contributed by atoms with E-state index in [1.54, 1.807) is 0 Å². The highest BCUT2D eigenvalue weighted by Gasteiger charge is 2.12. The minimum absolute atomic E-state index is 0.0271. The van der Waals surface area contributed by atoms with E-state index in [9.17, 15) is 9.59 Å². The zero-order valence-corrected chi connectivity index (χ0v) is 10.1. The van der Waals surface area contributed by atoms with Crippen LogP contribution in [0.1, 0.15) is 10.4 Å². The van der Waals surface area contributed by atoms with E-state index < -0.39 is 5.97 Å². The molecule has 0 atom stereocenters. The maximum atomic E-state index is 12.3. The van der Waals surface area contributed by atoms with Crippen LogP contribution in [0, 0.1) is 0 Å². The van der Waals surface area contributed by atoms with Crippen molar-refractivity contribution in [3.63, 3.8) is 0 Å². The lowest BCUT2D eigenvalue weighted by Crippen LogP contribution is -2.05. The predicted molar refractivity (Wildman–Crippen MR) is 69.8 cm³/mol. The molecule has 0 saturated carbocycles. The van der Waals surface area contributed by atoms with E-state index in [4.69, 9.17) is 21.1 Å². The molecular formula is C13H6ClNO4. The van der Waals surface area contributed by atoms with Crippen LogP contribution in [0.5, 0.6) is 0 Å². The van der Waals surface area contributed by atoms with Crippen LogP contribution in [0.2, 0.25) is 5.15 Å². The summed E-state index contributed by atoms with van der Waals surface area (Å²) >= 11 is 5.87. The summed E-state index contributed by atoms with van der Waals surface area (Å²) < 4.78 is 5.51. The van der Waals surface area contributed by atoms with Gasteiger partial charge in [-0.1, -0.05) is 11.6 Å². The van der Waals surface area contributed by atoms with Gasteiger partial charge in [0.05, 0.1) is 16.3 Å². The number of rotatable bonds is 1. The Morgan fingerprint density at radius 3 is 2.79 bits per heavy atom. The third kappa shape index (κ3) is 1.75. The first-order chi connectivity index (χ1) is 9.08. The summed E-state index contributed by atoms with van der Waals surface area (Å²) in [5, 5.41) is 9.50. The molecule has 5 nitrogen and oxygen atoms in total. The molecule has 3 aromatic rings. The summed E-state index contributed by atoms with van der Waals surface area (Å²) in [7, 11) is 0. The van der Waals surface area contributed by atoms with Crippen LogP contribution >= 0.6 is 11.6 Å². The van der Waals surface area contributed by atoms with Gasteiger partial charge in [0.25, 0.3) is 0 Å². The fraction of sp³-hybridized carbons (Fsp3) is 0. The van der Waals surface area contributed by atoms with Crippen LogP contribution in [0.25, 0.3) is 21.9 Å². The molecular weight excluding hydrogens is 270 g/mol. The summed E-state index contributed by atoms with van der Waals surface area (Å²) in [6, 6.07) is 5.57. The number of benzene rings is 1. The average molecular weight is 276 g/mol. The molecule has 1 N–H and O–H groups in total. The average Bonchev–Trinajstić information content (AvgIpc) is 2.40. The van der Waals surface area contributed by atoms with Crippen LogP contribution in [-0.4, -0.2) is 16.1 Å². The van der Waals surface area contributed by atoms with Crippen LogP contribution in [-0.2, 0) is 0 Å². The minimum Gasteiger partial charge on any atom is -0.478 e. The second-order valence-electron chi connectivity index (χ2n) is 3.93. The first-order valence-corrected chi connectivity index (χ1v) is 5.70. The molecule has 2 heterocycles. The number of aromatic carboxylic acids is 1. The zero-order valence-electron chi connectivity index (χ0n) is 9.38. The van der Waals surface area contributed by atoms with Crippen molar-refractivity contribution in [2.75, 3.05) is 0 Å². The lowest BCUT2D eigenvalue weighted by molar-refractivity contribution is 0.0697. The monoisotopic (exact) mass is 275 g/mol. The molecule has 6 heteroatoms. The Bertz CT molecular complexity index is 885. The highest BCUT2D eigenvalue weighted by atomic mass is 35.5. The standard InChI is InChI=1S/C13H6ClNO4/c14-12-11-7(3-4-15-12)10(16)8-5-6(13(17)18)1-2-9(8)19-11/h1-5H,(H,17,18). The minimum atomic E-state index is -1.10. The van der Waals surface area contributed by atoms with Gasteiger partial charge in [0.2, 0.25) is 5.43 Å². The van der Waals surface area contributed by atoms with Crippen LogP contribution in [0.3, 0.4) is 0 Å². The maximum absolute atomic E-state index is 12.3. The fourth-order valence-electron chi connectivity index (χ4n) is 1.88. The zero-order chi connectivity index (χ0) is 13.6. The number of carboxylic acids is 1. The van der Waals surface area contributed by atoms with Crippen molar-refractivity contribution in [2.45, 2.75) is 0 Å². The number of aromatic nitrogens is 1. The molecule has 1 aromatic carbocycles. The molecule has 0 bridgehead atoms. The van der Waals surface area contributed by atoms with Gasteiger partial charge < -0.3 is 9.52 Å². The van der Waals surface area contributed by atoms with E-state index >= 15 is 0 Å². The SMILES string of the molecule is O=C(O)c1ccc2oc3c(Cl)nccc3c(=O)c2c1. The van der Waals surface area contributed by atoms with Gasteiger partial charge in [-0.3, -0.25) is 4.79 Å². The Balaban J connectivity index is 2.51. The molecule has 0 saturated heterocycles. The number of halogens is 1. The summed E-state index contributed by atoms with van der Waals surface area (Å²) in [6.45, 7) is 0. The molecule has 2 aromatic heterocycles. The van der Waals surface area contributed by atoms with E-state index in [0.29, 0.717) is 0 Å². The summed E-state index contributed by atoms with van der Waals surface area (Å²) in [5.74, 6) is -1.10. The summed E-state index contributed by atoms with van der Waals surface area (Å²) in [4.78, 5) is 27.0. The number of hydrogen-bond donors (Lipinski definition) is 1. The number of pyridine rings is 1. The molecule has 0 aliphatic carbocycles. The normalized spacial score (nSPS) is 11.0. The second kappa shape index (κ2) is 4.07. The van der Waals surface area contributed by atoms with Crippen molar-refractivity contribution in [1.29, 1.82) is 0 Å². The first-order valence-electron chi connectivity index (χ1n) is 5.32. The topological polar surface area (TPSA) is 80.4 Å². The third-order valence-electron chi connectivity index (χ3n) is 2.79. The second-order valence-corrected chi connectivity index (χ2v) is 4.28. The molecule has 0 aliphatic rings. The maximum Gasteiger partial charge on any atom is 0.335 e. The lowest BCUT2D eigenvalue weighted by atomic mass is 10.1. The fourth-order valence-corrected chi connectivity index (χ4v) is 2.08. The van der Waals surface area contributed by atoms with Gasteiger partial charge in [-0.2, -0.15) is 0 Å². The highest BCUT2D eigenvalue weighted by Crippen LogP contribution is 2.23. The van der Waals surface area contributed by atoms with Crippen LogP contribution in [0.4, 0.5) is 0 Å². The first kappa shape index (κ1) is 11.7. The Hall–Kier alpha value is -2.40. The number of carboxylic acid groups (broad SMARTS) is 1. The van der Waals surface area contributed by atoms with E-state index in [2.05, 4.69) is 4.98 Å². The third-order valence-corrected chi connectivity index (χ3v) is 3.06. The molecule has 0 amide bonds. The Morgan fingerprint density at radius 2 is 2.05 bits per heavy atom. The van der Waals surface area contributed by atoms with Crippen LogP contribution < -0.4 is 5.43 Å². The van der Waals surface area contributed by atoms with E-state index in [0.717, 1.165) is 0 Å². The Kier molecular flexibility index (Phi) is 2.50. The van der Waals surface area contributed by atoms with E-state index in [-0.39, 0.29) is 38.1 Å². The van der Waals surface area contributed by atoms with Gasteiger partial charge in [-0.05, 0) is 24.3 Å². The number of fused-ring (bicyclic) bond motifs is 2. The van der Waals surface area contributed by atoms with Gasteiger partial charge in [0.15, 0.2) is 10.7 Å². The molecule has 94 valence electrons. The van der Waals surface area contributed by atoms with Gasteiger partial charge in [0.1, 0.15) is 5.58 Å². The van der Waals surface area contributed by atoms with Gasteiger partial charge in [-0.25, -0.2) is 9.78 Å². The van der Waals surface area contributed by atoms with Gasteiger partial charge in [-0.15, -0.1) is 0 Å². The van der Waals surface area contributed by atoms with Gasteiger partial charge >= 0.3 is 5.97 Å². The largest absolute Gasteiger partial charge is 0.478 e. The molecule has 3 rings (SSSR count). The number of carbonyl (C=O) groups is 1. The molecule has 0 fully saturated rings. The van der Waals surface area contributed by atoms with Crippen molar-refractivity contribution in [2.24, 2.45) is 0 Å². The van der Waals surface area contributed by atoms with Crippen molar-refractivity contribution in [1.82, 2.24) is 4.98 Å². The van der Waals surface area contributed by atoms with Crippen molar-refractivity contribution < 1.29 is 14.3 Å². The Morgan fingerprint density at radius 1 is 1.26 bits per heavy atom. The van der Waals surface area contributed by atoms with Crippen LogP contribution in [0.15, 0.2) is 39.7 Å². The summed E-state index contributed by atoms with van der Waals surface area (Å²) in [5.41, 5.74) is 0.171. The summed E-state index contributed by atoms with van der Waals surface area (Å²) in [6.07, 6.45) is 1.40. The van der Waals surface area contributed by atoms with Gasteiger partial charge in [0, 0.05) is 6.20 Å². The molecule has 19 heavy (non-hydrogen) atoms. The molecule has 0 spiro atoms. The van der Waals surface area contributed by atoms with Crippen molar-refractivity contribution in [3.05, 3.63) is 51.4 Å². The molecule has 0 radical (unpaired) electrons. The van der Waals surface area contributed by atoms with E-state index in [1.165, 1.54) is 30.5 Å². The Labute approximate surface area is 111 Å². The smallest absolute Gasteiger partial charge is 0.335 e.